The Morgan fingerprint density at radius 3 is 2.08 bits per heavy atom. The van der Waals surface area contributed by atoms with Crippen molar-refractivity contribution in [2.75, 3.05) is 11.5 Å². The Kier molecular flexibility index (Phi) is 10.6. The van der Waals surface area contributed by atoms with Crippen molar-refractivity contribution in [3.63, 3.8) is 0 Å². The van der Waals surface area contributed by atoms with E-state index in [4.69, 9.17) is 0 Å². The van der Waals surface area contributed by atoms with E-state index >= 15 is 0 Å². The van der Waals surface area contributed by atoms with Crippen LogP contribution in [0.1, 0.15) is 66.6 Å². The summed E-state index contributed by atoms with van der Waals surface area (Å²) < 4.78 is 82.1. The third-order valence-corrected chi connectivity index (χ3v) is 9.74. The Balaban J connectivity index is 1.50. The first-order valence-electron chi connectivity index (χ1n) is 16.4. The van der Waals surface area contributed by atoms with Crippen molar-refractivity contribution in [1.29, 1.82) is 0 Å². The largest absolute Gasteiger partial charge is 0.507 e. The number of halogens is 6. The van der Waals surface area contributed by atoms with Crippen molar-refractivity contribution >= 4 is 29.2 Å². The monoisotopic (exact) mass is 716 g/mol. The molecule has 2 heterocycles. The summed E-state index contributed by atoms with van der Waals surface area (Å²) >= 11 is 0. The molecule has 0 radical (unpaired) electrons. The van der Waals surface area contributed by atoms with Crippen molar-refractivity contribution in [1.82, 2.24) is 4.98 Å². The zero-order valence-electron chi connectivity index (χ0n) is 28.3. The van der Waals surface area contributed by atoms with E-state index in [-0.39, 0.29) is 37.0 Å². The molecular formula is C38H38F6N2O5. The minimum absolute atomic E-state index is 0.0770. The molecule has 0 bridgehead atoms. The summed E-state index contributed by atoms with van der Waals surface area (Å²) in [7, 11) is 0. The Morgan fingerprint density at radius 2 is 1.57 bits per heavy atom. The number of aliphatic hydroxyl groups is 2. The van der Waals surface area contributed by atoms with Gasteiger partial charge in [-0.15, -0.1) is 0 Å². The summed E-state index contributed by atoms with van der Waals surface area (Å²) in [6.45, 7) is 6.43. The fraction of sp³-hybridized carbons (Fsp3) is 0.395. The Labute approximate surface area is 290 Å². The smallest absolute Gasteiger partial charge is 0.416 e. The number of aromatic nitrogens is 1. The van der Waals surface area contributed by atoms with E-state index in [2.05, 4.69) is 4.98 Å². The molecule has 1 fully saturated rings. The number of fused-ring (bicyclic) bond motifs is 1. The van der Waals surface area contributed by atoms with E-state index in [1.165, 1.54) is 0 Å². The SMILES string of the molecule is Cc1cc(/C=C(/CC[C@@H](O)C2=C(C(C)C)C[C@H]3C(=O)N(c4cc(C(F)(F)F)cc(C(F)(F)F)c4)C(=O)[C@H]3[C@H]2CO)c2ccccn2)cc(C)c1O. The lowest BCUT2D eigenvalue weighted by atomic mass is 9.66. The number of aryl methyl sites for hydroxylation is 2. The first kappa shape index (κ1) is 37.8. The van der Waals surface area contributed by atoms with Crippen LogP contribution in [0, 0.1) is 37.5 Å². The molecule has 13 heteroatoms. The number of imide groups is 1. The van der Waals surface area contributed by atoms with Crippen molar-refractivity contribution < 1.29 is 51.3 Å². The van der Waals surface area contributed by atoms with Crippen LogP contribution in [-0.2, 0) is 21.9 Å². The fourth-order valence-corrected chi connectivity index (χ4v) is 7.32. The Morgan fingerprint density at radius 1 is 0.961 bits per heavy atom. The highest BCUT2D eigenvalue weighted by atomic mass is 19.4. The van der Waals surface area contributed by atoms with Gasteiger partial charge in [-0.2, -0.15) is 26.3 Å². The van der Waals surface area contributed by atoms with Crippen LogP contribution in [-0.4, -0.2) is 44.8 Å². The summed E-state index contributed by atoms with van der Waals surface area (Å²) in [5, 5.41) is 32.7. The van der Waals surface area contributed by atoms with Crippen LogP contribution in [0.4, 0.5) is 32.0 Å². The molecule has 2 aromatic carbocycles. The fourth-order valence-electron chi connectivity index (χ4n) is 7.32. The van der Waals surface area contributed by atoms with Gasteiger partial charge in [0, 0.05) is 12.1 Å². The lowest BCUT2D eigenvalue weighted by Gasteiger charge is -2.38. The highest BCUT2D eigenvalue weighted by molar-refractivity contribution is 6.22. The van der Waals surface area contributed by atoms with Crippen molar-refractivity contribution in [2.24, 2.45) is 23.7 Å². The second kappa shape index (κ2) is 14.3. The van der Waals surface area contributed by atoms with Crippen molar-refractivity contribution in [3.8, 4) is 5.75 Å². The Bertz CT molecular complexity index is 1830. The van der Waals surface area contributed by atoms with Crippen LogP contribution >= 0.6 is 0 Å². The molecule has 2 amide bonds. The first-order chi connectivity index (χ1) is 23.8. The average Bonchev–Trinajstić information content (AvgIpc) is 3.32. The zero-order chi connectivity index (χ0) is 37.6. The number of phenolic OH excluding ortho intramolecular Hbond substituents is 1. The number of pyridine rings is 1. The maximum absolute atomic E-state index is 13.9. The highest BCUT2D eigenvalue weighted by Gasteiger charge is 2.56. The van der Waals surface area contributed by atoms with E-state index < -0.39 is 71.4 Å². The number of carbonyl (C=O) groups excluding carboxylic acids is 2. The van der Waals surface area contributed by atoms with Crippen LogP contribution in [0.3, 0.4) is 0 Å². The molecule has 3 N–H and O–H groups in total. The number of hydrogen-bond donors (Lipinski definition) is 3. The minimum Gasteiger partial charge on any atom is -0.507 e. The maximum atomic E-state index is 13.9. The summed E-state index contributed by atoms with van der Waals surface area (Å²) in [5.74, 6) is -5.76. The number of hydrogen-bond acceptors (Lipinski definition) is 6. The molecule has 1 aliphatic heterocycles. The number of nitrogens with zero attached hydrogens (tertiary/aromatic N) is 2. The van der Waals surface area contributed by atoms with Crippen LogP contribution in [0.5, 0.6) is 5.75 Å². The number of anilines is 1. The molecule has 2 aliphatic rings. The molecule has 0 spiro atoms. The normalized spacial score (nSPS) is 20.8. The minimum atomic E-state index is -5.20. The van der Waals surface area contributed by atoms with Gasteiger partial charge in [-0.05, 0) is 115 Å². The van der Waals surface area contributed by atoms with E-state index in [1.54, 1.807) is 64.2 Å². The van der Waals surface area contributed by atoms with Crippen molar-refractivity contribution in [2.45, 2.75) is 65.4 Å². The van der Waals surface area contributed by atoms with Gasteiger partial charge in [-0.25, -0.2) is 4.90 Å². The van der Waals surface area contributed by atoms with Gasteiger partial charge < -0.3 is 15.3 Å². The molecule has 51 heavy (non-hydrogen) atoms. The lowest BCUT2D eigenvalue weighted by molar-refractivity contribution is -0.143. The number of benzene rings is 2. The number of rotatable bonds is 9. The second-order valence-electron chi connectivity index (χ2n) is 13.5. The number of alkyl halides is 6. The lowest BCUT2D eigenvalue weighted by Crippen LogP contribution is -2.40. The van der Waals surface area contributed by atoms with E-state index in [9.17, 15) is 51.3 Å². The van der Waals surface area contributed by atoms with E-state index in [0.717, 1.165) is 11.1 Å². The molecule has 7 nitrogen and oxygen atoms in total. The number of amides is 2. The number of aliphatic hydroxyl groups excluding tert-OH is 2. The third kappa shape index (κ3) is 7.59. The van der Waals surface area contributed by atoms with Gasteiger partial charge in [0.05, 0.1) is 47.1 Å². The molecule has 1 aromatic heterocycles. The van der Waals surface area contributed by atoms with Gasteiger partial charge in [0.15, 0.2) is 0 Å². The predicted molar refractivity (Wildman–Crippen MR) is 178 cm³/mol. The topological polar surface area (TPSA) is 111 Å². The van der Waals surface area contributed by atoms with Gasteiger partial charge in [-0.3, -0.25) is 14.6 Å². The molecule has 272 valence electrons. The summed E-state index contributed by atoms with van der Waals surface area (Å²) in [6, 6.07) is 9.56. The average molecular weight is 717 g/mol. The first-order valence-corrected chi connectivity index (χ1v) is 16.4. The molecule has 4 atom stereocenters. The standard InChI is InChI=1S/C38H38F6N2O5/c1-19(2)27-17-28-33(36(51)46(35(28)50)26-15-24(37(39,40)41)14-25(16-26)38(42,43)44)29(18-47)32(27)31(48)9-8-23(30-7-5-6-10-45-30)13-22-11-20(3)34(49)21(4)12-22/h5-7,10-16,19,28-29,31,33,47-49H,8-9,17-18H2,1-4H3/b23-13-/t28-,29+,31-,33-/m1/s1. The van der Waals surface area contributed by atoms with Crippen LogP contribution in [0.15, 0.2) is 65.9 Å². The number of aromatic hydroxyl groups is 1. The number of carbonyl (C=O) groups is 2. The Hall–Kier alpha value is -4.49. The van der Waals surface area contributed by atoms with Crippen LogP contribution < -0.4 is 4.90 Å². The zero-order valence-corrected chi connectivity index (χ0v) is 28.3. The summed E-state index contributed by atoms with van der Waals surface area (Å²) in [4.78, 5) is 32.5. The molecular weight excluding hydrogens is 678 g/mol. The molecule has 1 aliphatic carbocycles. The summed E-state index contributed by atoms with van der Waals surface area (Å²) in [6.07, 6.45) is -7.86. The molecule has 0 saturated carbocycles. The highest BCUT2D eigenvalue weighted by Crippen LogP contribution is 2.50. The van der Waals surface area contributed by atoms with Crippen molar-refractivity contribution in [3.05, 3.63) is 99.4 Å². The third-order valence-electron chi connectivity index (χ3n) is 9.74. The predicted octanol–water partition coefficient (Wildman–Crippen LogP) is 7.89. The van der Waals surface area contributed by atoms with Crippen LogP contribution in [0.2, 0.25) is 0 Å². The van der Waals surface area contributed by atoms with E-state index in [0.29, 0.717) is 45.0 Å². The molecule has 0 unspecified atom stereocenters. The molecule has 3 aromatic rings. The maximum Gasteiger partial charge on any atom is 0.416 e. The van der Waals surface area contributed by atoms with Gasteiger partial charge in [0.1, 0.15) is 5.75 Å². The van der Waals surface area contributed by atoms with Gasteiger partial charge in [0.2, 0.25) is 11.8 Å². The quantitative estimate of drug-likeness (QED) is 0.118. The van der Waals surface area contributed by atoms with Gasteiger partial charge in [0.25, 0.3) is 0 Å². The van der Waals surface area contributed by atoms with Gasteiger partial charge >= 0.3 is 12.4 Å². The van der Waals surface area contributed by atoms with Crippen LogP contribution in [0.25, 0.3) is 11.6 Å². The number of allylic oxidation sites excluding steroid dienone is 2. The summed E-state index contributed by atoms with van der Waals surface area (Å²) in [5.41, 5.74) is 0.182. The van der Waals surface area contributed by atoms with E-state index in [1.807, 2.05) is 6.08 Å². The number of phenols is 1. The second-order valence-corrected chi connectivity index (χ2v) is 13.5. The molecule has 1 saturated heterocycles. The molecule has 5 rings (SSSR count). The van der Waals surface area contributed by atoms with Gasteiger partial charge in [-0.1, -0.05) is 25.5 Å².